The minimum Gasteiger partial charge on any atom is -0.350 e. The van der Waals surface area contributed by atoms with Gasteiger partial charge in [-0.1, -0.05) is 6.07 Å². The Balaban J connectivity index is 1.71. The van der Waals surface area contributed by atoms with Gasteiger partial charge in [0.1, 0.15) is 0 Å². The molecular weight excluding hydrogens is 228 g/mol. The molecule has 0 aromatic carbocycles. The lowest BCUT2D eigenvalue weighted by Crippen LogP contribution is -2.37. The lowest BCUT2D eigenvalue weighted by Gasteiger charge is -2.10. The van der Waals surface area contributed by atoms with Gasteiger partial charge in [0.2, 0.25) is 0 Å². The summed E-state index contributed by atoms with van der Waals surface area (Å²) in [7, 11) is 0. The van der Waals surface area contributed by atoms with Crippen molar-refractivity contribution < 1.29 is 4.79 Å². The lowest BCUT2D eigenvalue weighted by molar-refractivity contribution is 0.0952. The molecule has 1 amide bonds. The number of aromatic nitrogens is 2. The molecule has 1 unspecified atom stereocenters. The van der Waals surface area contributed by atoms with E-state index in [4.69, 9.17) is 0 Å². The van der Waals surface area contributed by atoms with Crippen LogP contribution in [-0.2, 0) is 0 Å². The Morgan fingerprint density at radius 1 is 1.56 bits per heavy atom. The third-order valence-corrected chi connectivity index (χ3v) is 3.34. The first-order chi connectivity index (χ1) is 8.84. The van der Waals surface area contributed by atoms with Gasteiger partial charge in [-0.15, -0.1) is 0 Å². The summed E-state index contributed by atoms with van der Waals surface area (Å²) in [5, 5.41) is 10.5. The van der Waals surface area contributed by atoms with Crippen molar-refractivity contribution in [2.75, 3.05) is 13.1 Å². The average Bonchev–Trinajstić information content (AvgIpc) is 3.05. The largest absolute Gasteiger partial charge is 0.350 e. The van der Waals surface area contributed by atoms with Crippen LogP contribution in [0.15, 0.2) is 30.6 Å². The molecule has 0 bridgehead atoms. The maximum absolute atomic E-state index is 12.1. The fourth-order valence-corrected chi connectivity index (χ4v) is 2.35. The van der Waals surface area contributed by atoms with Crippen LogP contribution in [-0.4, -0.2) is 34.7 Å². The zero-order chi connectivity index (χ0) is 12.4. The van der Waals surface area contributed by atoms with Crippen LogP contribution in [0.1, 0.15) is 23.2 Å². The molecule has 1 fully saturated rings. The first-order valence-corrected chi connectivity index (χ1v) is 6.28. The summed E-state index contributed by atoms with van der Waals surface area (Å²) in [6.07, 6.45) is 5.78. The van der Waals surface area contributed by atoms with Crippen molar-refractivity contribution in [3.63, 3.8) is 0 Å². The topological polar surface area (TPSA) is 58.4 Å². The van der Waals surface area contributed by atoms with E-state index in [1.165, 1.54) is 6.42 Å². The van der Waals surface area contributed by atoms with E-state index in [0.717, 1.165) is 18.5 Å². The summed E-state index contributed by atoms with van der Waals surface area (Å²) in [6, 6.07) is 6.11. The van der Waals surface area contributed by atoms with Crippen LogP contribution >= 0.6 is 0 Å². The van der Waals surface area contributed by atoms with Crippen LogP contribution in [0.25, 0.3) is 5.52 Å². The van der Waals surface area contributed by atoms with Gasteiger partial charge in [0, 0.05) is 18.8 Å². The molecule has 1 aliphatic rings. The van der Waals surface area contributed by atoms with Crippen molar-refractivity contribution in [2.45, 2.75) is 18.9 Å². The molecule has 5 nitrogen and oxygen atoms in total. The van der Waals surface area contributed by atoms with Crippen molar-refractivity contribution in [3.05, 3.63) is 36.2 Å². The molecule has 1 saturated heterocycles. The fourth-order valence-electron chi connectivity index (χ4n) is 2.35. The second-order valence-electron chi connectivity index (χ2n) is 4.59. The monoisotopic (exact) mass is 244 g/mol. The number of nitrogens with one attached hydrogen (secondary N) is 2. The van der Waals surface area contributed by atoms with E-state index < -0.39 is 0 Å². The van der Waals surface area contributed by atoms with Gasteiger partial charge in [0.15, 0.2) is 0 Å². The van der Waals surface area contributed by atoms with Gasteiger partial charge in [-0.05, 0) is 31.5 Å². The molecule has 0 aliphatic carbocycles. The first kappa shape index (κ1) is 11.2. The van der Waals surface area contributed by atoms with Crippen LogP contribution in [0.2, 0.25) is 0 Å². The molecule has 0 radical (unpaired) electrons. The Kier molecular flexibility index (Phi) is 2.98. The molecule has 1 atom stereocenters. The average molecular weight is 244 g/mol. The summed E-state index contributed by atoms with van der Waals surface area (Å²) < 4.78 is 1.71. The number of carbonyl (C=O) groups is 1. The molecule has 2 N–H and O–H groups in total. The number of carbonyl (C=O) groups excluding carboxylic acids is 1. The van der Waals surface area contributed by atoms with Gasteiger partial charge < -0.3 is 10.6 Å². The highest BCUT2D eigenvalue weighted by atomic mass is 16.1. The van der Waals surface area contributed by atoms with E-state index >= 15 is 0 Å². The number of pyridine rings is 1. The van der Waals surface area contributed by atoms with Crippen molar-refractivity contribution in [2.24, 2.45) is 0 Å². The third-order valence-electron chi connectivity index (χ3n) is 3.34. The summed E-state index contributed by atoms with van der Waals surface area (Å²) in [5.74, 6) is -0.0510. The van der Waals surface area contributed by atoms with Gasteiger partial charge in [-0.2, -0.15) is 5.10 Å². The molecule has 3 rings (SSSR count). The van der Waals surface area contributed by atoms with E-state index in [2.05, 4.69) is 15.7 Å². The SMILES string of the molecule is O=C(NCC1CCCN1)c1cnn2ccccc12. The number of fused-ring (bicyclic) bond motifs is 1. The highest BCUT2D eigenvalue weighted by molar-refractivity contribution is 6.00. The van der Waals surface area contributed by atoms with E-state index in [9.17, 15) is 4.79 Å². The van der Waals surface area contributed by atoms with Crippen molar-refractivity contribution in [3.8, 4) is 0 Å². The second kappa shape index (κ2) is 4.78. The standard InChI is InChI=1S/C13H16N4O/c18-13(15-8-10-4-3-6-14-10)11-9-16-17-7-2-1-5-12(11)17/h1-2,5,7,9-10,14H,3-4,6,8H2,(H,15,18). The van der Waals surface area contributed by atoms with E-state index in [1.54, 1.807) is 10.7 Å². The molecule has 5 heteroatoms. The van der Waals surface area contributed by atoms with Crippen LogP contribution in [0.3, 0.4) is 0 Å². The number of amides is 1. The van der Waals surface area contributed by atoms with Crippen LogP contribution in [0, 0.1) is 0 Å². The normalized spacial score (nSPS) is 19.2. The first-order valence-electron chi connectivity index (χ1n) is 6.28. The van der Waals surface area contributed by atoms with E-state index in [0.29, 0.717) is 18.2 Å². The van der Waals surface area contributed by atoms with Gasteiger partial charge in [0.05, 0.1) is 17.3 Å². The summed E-state index contributed by atoms with van der Waals surface area (Å²) in [6.45, 7) is 1.74. The molecular formula is C13H16N4O. The molecule has 18 heavy (non-hydrogen) atoms. The molecule has 2 aromatic heterocycles. The Hall–Kier alpha value is -1.88. The Labute approximate surface area is 105 Å². The van der Waals surface area contributed by atoms with Gasteiger partial charge in [0.25, 0.3) is 5.91 Å². The summed E-state index contributed by atoms with van der Waals surface area (Å²) in [5.41, 5.74) is 1.47. The molecule has 3 heterocycles. The summed E-state index contributed by atoms with van der Waals surface area (Å²) >= 11 is 0. The third kappa shape index (κ3) is 2.09. The molecule has 2 aromatic rings. The lowest BCUT2D eigenvalue weighted by atomic mass is 10.2. The number of hydrogen-bond donors (Lipinski definition) is 2. The maximum atomic E-state index is 12.1. The number of nitrogens with zero attached hydrogens (tertiary/aromatic N) is 2. The van der Waals surface area contributed by atoms with Gasteiger partial charge in [-0.25, -0.2) is 4.52 Å². The summed E-state index contributed by atoms with van der Waals surface area (Å²) in [4.78, 5) is 12.1. The zero-order valence-electron chi connectivity index (χ0n) is 10.1. The Bertz CT molecular complexity index is 557. The quantitative estimate of drug-likeness (QED) is 0.840. The van der Waals surface area contributed by atoms with E-state index in [-0.39, 0.29) is 5.91 Å². The molecule has 0 spiro atoms. The van der Waals surface area contributed by atoms with Crippen LogP contribution in [0.5, 0.6) is 0 Å². The minimum atomic E-state index is -0.0510. The number of rotatable bonds is 3. The molecule has 94 valence electrons. The van der Waals surface area contributed by atoms with Crippen LogP contribution < -0.4 is 10.6 Å². The molecule has 0 saturated carbocycles. The Morgan fingerprint density at radius 3 is 3.33 bits per heavy atom. The van der Waals surface area contributed by atoms with Gasteiger partial charge in [-0.3, -0.25) is 4.79 Å². The highest BCUT2D eigenvalue weighted by Gasteiger charge is 2.17. The second-order valence-corrected chi connectivity index (χ2v) is 4.59. The van der Waals surface area contributed by atoms with Crippen molar-refractivity contribution in [1.82, 2.24) is 20.2 Å². The van der Waals surface area contributed by atoms with Crippen LogP contribution in [0.4, 0.5) is 0 Å². The zero-order valence-corrected chi connectivity index (χ0v) is 10.1. The smallest absolute Gasteiger partial charge is 0.255 e. The fraction of sp³-hybridized carbons (Fsp3) is 0.385. The number of hydrogen-bond acceptors (Lipinski definition) is 3. The van der Waals surface area contributed by atoms with Crippen molar-refractivity contribution in [1.29, 1.82) is 0 Å². The van der Waals surface area contributed by atoms with Gasteiger partial charge >= 0.3 is 0 Å². The Morgan fingerprint density at radius 2 is 2.50 bits per heavy atom. The van der Waals surface area contributed by atoms with E-state index in [1.807, 2.05) is 24.4 Å². The minimum absolute atomic E-state index is 0.0510. The predicted octanol–water partition coefficient (Wildman–Crippen LogP) is 0.816. The van der Waals surface area contributed by atoms with Crippen molar-refractivity contribution >= 4 is 11.4 Å². The maximum Gasteiger partial charge on any atom is 0.255 e. The highest BCUT2D eigenvalue weighted by Crippen LogP contribution is 2.10. The molecule has 1 aliphatic heterocycles. The predicted molar refractivity (Wildman–Crippen MR) is 68.5 cm³/mol.